The molecule has 3 heterocycles. The van der Waals surface area contributed by atoms with E-state index in [1.807, 2.05) is 24.3 Å². The molecule has 2 aliphatic heterocycles. The smallest absolute Gasteiger partial charge is 0.434 e. The number of ether oxygens (including phenoxy) is 1. The van der Waals surface area contributed by atoms with Gasteiger partial charge in [-0.05, 0) is 42.7 Å². The van der Waals surface area contributed by atoms with Gasteiger partial charge in [0, 0.05) is 30.8 Å². The minimum atomic E-state index is -0.599. The molecule has 0 saturated carbocycles. The number of nitrogens with one attached hydrogen (secondary N) is 2. The zero-order valence-electron chi connectivity index (χ0n) is 17.2. The average molecular weight is 434 g/mol. The van der Waals surface area contributed by atoms with Crippen molar-refractivity contribution in [1.82, 2.24) is 15.1 Å². The van der Waals surface area contributed by atoms with E-state index in [2.05, 4.69) is 15.5 Å². The molecule has 2 unspecified atom stereocenters. The second-order valence-electron chi connectivity index (χ2n) is 8.03. The Bertz CT molecular complexity index is 1190. The van der Waals surface area contributed by atoms with E-state index in [1.165, 1.54) is 0 Å². The number of carbonyl (C=O) groups excluding carboxylic acids is 2. The average Bonchev–Trinajstić information content (AvgIpc) is 3.45. The molecule has 9 nitrogen and oxygen atoms in total. The number of nitrogens with zero attached hydrogens (tertiary/aromatic N) is 2. The van der Waals surface area contributed by atoms with Crippen LogP contribution in [0.25, 0.3) is 0 Å². The lowest BCUT2D eigenvalue weighted by molar-refractivity contribution is -0.122. The fraction of sp³-hybridized carbons (Fsp3) is 0.304. The standard InChI is InChI=1S/C23H22N4O5/c28-20(19-12-14-5-1-2-9-18(14)31-19)24-17-8-3-6-15(11-17)22(29)27-10-4-7-16(13-27)21-25-26-23(30)32-21/h1-3,5-6,8-9,11,16,19H,4,7,10,12-13H2,(H,24,28)(H,26,30). The summed E-state index contributed by atoms with van der Waals surface area (Å²) in [6.07, 6.45) is 1.48. The van der Waals surface area contributed by atoms with Crippen LogP contribution in [0.4, 0.5) is 5.69 Å². The number of likely N-dealkylation sites (tertiary alicyclic amines) is 1. The van der Waals surface area contributed by atoms with Crippen LogP contribution in [0.3, 0.4) is 0 Å². The summed E-state index contributed by atoms with van der Waals surface area (Å²) in [5.41, 5.74) is 2.01. The van der Waals surface area contributed by atoms with Crippen molar-refractivity contribution >= 4 is 17.5 Å². The van der Waals surface area contributed by atoms with Gasteiger partial charge >= 0.3 is 5.76 Å². The molecule has 5 rings (SSSR count). The number of benzene rings is 2. The highest BCUT2D eigenvalue weighted by molar-refractivity contribution is 5.98. The number of anilines is 1. The molecule has 0 spiro atoms. The van der Waals surface area contributed by atoms with Gasteiger partial charge in [0.2, 0.25) is 5.89 Å². The lowest BCUT2D eigenvalue weighted by atomic mass is 9.97. The number of amides is 2. The first-order valence-corrected chi connectivity index (χ1v) is 10.6. The number of piperidine rings is 1. The van der Waals surface area contributed by atoms with Crippen molar-refractivity contribution in [2.75, 3.05) is 18.4 Å². The van der Waals surface area contributed by atoms with Gasteiger partial charge in [0.25, 0.3) is 11.8 Å². The Hall–Kier alpha value is -3.88. The van der Waals surface area contributed by atoms with Crippen LogP contribution < -0.4 is 15.8 Å². The summed E-state index contributed by atoms with van der Waals surface area (Å²) < 4.78 is 10.8. The maximum atomic E-state index is 13.1. The number of para-hydroxylation sites is 1. The molecule has 1 aromatic heterocycles. The quantitative estimate of drug-likeness (QED) is 0.651. The highest BCUT2D eigenvalue weighted by atomic mass is 16.5. The zero-order valence-corrected chi connectivity index (χ0v) is 17.2. The number of rotatable bonds is 4. The first kappa shape index (κ1) is 20.0. The Balaban J connectivity index is 1.25. The van der Waals surface area contributed by atoms with Crippen LogP contribution in [0.2, 0.25) is 0 Å². The van der Waals surface area contributed by atoms with Gasteiger partial charge in [-0.1, -0.05) is 24.3 Å². The third kappa shape index (κ3) is 4.01. The molecule has 2 aliphatic rings. The Morgan fingerprint density at radius 2 is 2.03 bits per heavy atom. The molecule has 164 valence electrons. The number of H-pyrrole nitrogens is 1. The predicted molar refractivity (Wildman–Crippen MR) is 115 cm³/mol. The number of carbonyl (C=O) groups is 2. The van der Waals surface area contributed by atoms with Crippen LogP contribution in [0, 0.1) is 0 Å². The number of hydrogen-bond acceptors (Lipinski definition) is 6. The molecule has 2 atom stereocenters. The first-order valence-electron chi connectivity index (χ1n) is 10.6. The number of fused-ring (bicyclic) bond motifs is 1. The van der Waals surface area contributed by atoms with Gasteiger partial charge in [0.15, 0.2) is 6.10 Å². The van der Waals surface area contributed by atoms with Gasteiger partial charge in [0.05, 0.1) is 5.92 Å². The van der Waals surface area contributed by atoms with Gasteiger partial charge in [0.1, 0.15) is 5.75 Å². The molecule has 0 bridgehead atoms. The fourth-order valence-corrected chi connectivity index (χ4v) is 4.24. The Labute approximate surface area is 183 Å². The third-order valence-electron chi connectivity index (χ3n) is 5.83. The SMILES string of the molecule is O=C(Nc1cccc(C(=O)N2CCCC(c3n[nH]c(=O)o3)C2)c1)C1Cc2ccccc2O1. The monoisotopic (exact) mass is 434 g/mol. The topological polar surface area (TPSA) is 118 Å². The summed E-state index contributed by atoms with van der Waals surface area (Å²) >= 11 is 0. The van der Waals surface area contributed by atoms with Crippen LogP contribution in [-0.4, -0.2) is 46.1 Å². The van der Waals surface area contributed by atoms with Crippen LogP contribution >= 0.6 is 0 Å². The number of aromatic nitrogens is 2. The van der Waals surface area contributed by atoms with Crippen molar-refractivity contribution in [2.24, 2.45) is 0 Å². The molecule has 2 N–H and O–H groups in total. The van der Waals surface area contributed by atoms with E-state index in [1.54, 1.807) is 29.2 Å². The van der Waals surface area contributed by atoms with E-state index in [0.29, 0.717) is 36.7 Å². The number of hydrogen-bond donors (Lipinski definition) is 2. The molecule has 3 aromatic rings. The normalized spacial score (nSPS) is 19.8. The van der Waals surface area contributed by atoms with E-state index >= 15 is 0 Å². The predicted octanol–water partition coefficient (Wildman–Crippen LogP) is 2.32. The van der Waals surface area contributed by atoms with Crippen molar-refractivity contribution in [2.45, 2.75) is 31.3 Å². The summed E-state index contributed by atoms with van der Waals surface area (Å²) in [5.74, 6) is -0.0717. The zero-order chi connectivity index (χ0) is 22.1. The molecule has 1 fully saturated rings. The second kappa shape index (κ2) is 8.33. The summed E-state index contributed by atoms with van der Waals surface area (Å²) in [6, 6.07) is 14.5. The van der Waals surface area contributed by atoms with Gasteiger partial charge in [-0.3, -0.25) is 9.59 Å². The van der Waals surface area contributed by atoms with Gasteiger partial charge in [-0.25, -0.2) is 9.89 Å². The Kier molecular flexibility index (Phi) is 5.22. The molecule has 0 aliphatic carbocycles. The van der Waals surface area contributed by atoms with E-state index < -0.39 is 11.9 Å². The fourth-order valence-electron chi connectivity index (χ4n) is 4.24. The van der Waals surface area contributed by atoms with Gasteiger partial charge < -0.3 is 19.4 Å². The second-order valence-corrected chi connectivity index (χ2v) is 8.03. The van der Waals surface area contributed by atoms with E-state index in [-0.39, 0.29) is 17.7 Å². The van der Waals surface area contributed by atoms with Crippen molar-refractivity contribution in [1.29, 1.82) is 0 Å². The summed E-state index contributed by atoms with van der Waals surface area (Å²) in [4.78, 5) is 38.8. The Morgan fingerprint density at radius 3 is 2.84 bits per heavy atom. The van der Waals surface area contributed by atoms with Gasteiger partial charge in [-0.2, -0.15) is 0 Å². The number of aromatic amines is 1. The molecular weight excluding hydrogens is 412 g/mol. The highest BCUT2D eigenvalue weighted by Crippen LogP contribution is 2.29. The Morgan fingerprint density at radius 1 is 1.16 bits per heavy atom. The molecule has 32 heavy (non-hydrogen) atoms. The lowest BCUT2D eigenvalue weighted by Gasteiger charge is -2.31. The molecule has 2 amide bonds. The highest BCUT2D eigenvalue weighted by Gasteiger charge is 2.30. The van der Waals surface area contributed by atoms with Crippen molar-refractivity contribution in [3.63, 3.8) is 0 Å². The van der Waals surface area contributed by atoms with E-state index in [0.717, 1.165) is 24.2 Å². The molecule has 2 aromatic carbocycles. The molecule has 0 radical (unpaired) electrons. The third-order valence-corrected chi connectivity index (χ3v) is 5.83. The minimum Gasteiger partial charge on any atom is -0.480 e. The maximum absolute atomic E-state index is 13.1. The van der Waals surface area contributed by atoms with Crippen LogP contribution in [0.1, 0.15) is 40.6 Å². The summed E-state index contributed by atoms with van der Waals surface area (Å²) in [6.45, 7) is 1.02. The molecule has 9 heteroatoms. The van der Waals surface area contributed by atoms with E-state index in [9.17, 15) is 14.4 Å². The molecular formula is C23H22N4O5. The first-order chi connectivity index (χ1) is 15.6. The minimum absolute atomic E-state index is 0.129. The van der Waals surface area contributed by atoms with Crippen molar-refractivity contribution < 1.29 is 18.7 Å². The maximum Gasteiger partial charge on any atom is 0.434 e. The largest absolute Gasteiger partial charge is 0.480 e. The van der Waals surface area contributed by atoms with E-state index in [4.69, 9.17) is 9.15 Å². The van der Waals surface area contributed by atoms with Crippen molar-refractivity contribution in [3.8, 4) is 5.75 Å². The van der Waals surface area contributed by atoms with Crippen LogP contribution in [-0.2, 0) is 11.2 Å². The van der Waals surface area contributed by atoms with Crippen LogP contribution in [0.5, 0.6) is 5.75 Å². The lowest BCUT2D eigenvalue weighted by Crippen LogP contribution is -2.39. The van der Waals surface area contributed by atoms with Crippen molar-refractivity contribution in [3.05, 3.63) is 76.1 Å². The summed E-state index contributed by atoms with van der Waals surface area (Å²) in [5, 5.41) is 9.03. The van der Waals surface area contributed by atoms with Gasteiger partial charge in [-0.15, -0.1) is 5.10 Å². The van der Waals surface area contributed by atoms with Crippen LogP contribution in [0.15, 0.2) is 57.7 Å². The summed E-state index contributed by atoms with van der Waals surface area (Å²) in [7, 11) is 0. The molecule has 1 saturated heterocycles.